The van der Waals surface area contributed by atoms with E-state index in [0.29, 0.717) is 36.3 Å². The first-order valence-electron chi connectivity index (χ1n) is 8.77. The Morgan fingerprint density at radius 3 is 2.85 bits per heavy atom. The summed E-state index contributed by atoms with van der Waals surface area (Å²) >= 11 is 0. The minimum Gasteiger partial charge on any atom is -0.339 e. The molecule has 1 aromatic carbocycles. The van der Waals surface area contributed by atoms with Gasteiger partial charge in [-0.15, -0.1) is 0 Å². The summed E-state index contributed by atoms with van der Waals surface area (Å²) in [5.74, 6) is 1.51. The van der Waals surface area contributed by atoms with E-state index in [1.807, 2.05) is 37.4 Å². The maximum atomic E-state index is 12.9. The first-order valence-corrected chi connectivity index (χ1v) is 8.77. The second-order valence-electron chi connectivity index (χ2n) is 6.52. The molecule has 2 aromatic heterocycles. The van der Waals surface area contributed by atoms with Crippen LogP contribution in [0.5, 0.6) is 0 Å². The molecule has 7 nitrogen and oxygen atoms in total. The van der Waals surface area contributed by atoms with E-state index in [1.165, 1.54) is 0 Å². The molecule has 0 N–H and O–H groups in total. The van der Waals surface area contributed by atoms with E-state index in [4.69, 9.17) is 4.52 Å². The number of amides is 1. The lowest BCUT2D eigenvalue weighted by atomic mass is 10.1. The van der Waals surface area contributed by atoms with E-state index < -0.39 is 0 Å². The Kier molecular flexibility index (Phi) is 5.46. The third kappa shape index (κ3) is 4.17. The van der Waals surface area contributed by atoms with Crippen LogP contribution in [0.2, 0.25) is 0 Å². The fourth-order valence-corrected chi connectivity index (χ4v) is 2.67. The smallest absolute Gasteiger partial charge is 0.254 e. The molecule has 0 fully saturated rings. The highest BCUT2D eigenvalue weighted by atomic mass is 16.5. The minimum atomic E-state index is -0.0725. The average molecular weight is 353 g/mol. The molecule has 0 atom stereocenters. The lowest BCUT2D eigenvalue weighted by molar-refractivity contribution is 0.0747. The van der Waals surface area contributed by atoms with Crippen LogP contribution < -0.4 is 0 Å². The van der Waals surface area contributed by atoms with Crippen molar-refractivity contribution in [3.8, 4) is 5.69 Å². The Morgan fingerprint density at radius 1 is 1.31 bits per heavy atom. The SMILES string of the molecule is CCN(Cc1noc(CC(C)C)n1)C(=O)c1cccc(-n2cccn2)c1. The predicted octanol–water partition coefficient (Wildman–Crippen LogP) is 3.12. The molecule has 0 unspecified atom stereocenters. The number of hydrogen-bond acceptors (Lipinski definition) is 5. The van der Waals surface area contributed by atoms with Gasteiger partial charge in [0.25, 0.3) is 5.91 Å². The molecule has 1 amide bonds. The highest BCUT2D eigenvalue weighted by Crippen LogP contribution is 2.14. The number of rotatable bonds is 7. The molecule has 7 heteroatoms. The fraction of sp³-hybridized carbons (Fsp3) is 0.368. The van der Waals surface area contributed by atoms with Crippen molar-refractivity contribution >= 4 is 5.91 Å². The van der Waals surface area contributed by atoms with Gasteiger partial charge in [-0.25, -0.2) is 4.68 Å². The number of hydrogen-bond donors (Lipinski definition) is 0. The maximum Gasteiger partial charge on any atom is 0.254 e. The Morgan fingerprint density at radius 2 is 2.15 bits per heavy atom. The van der Waals surface area contributed by atoms with Crippen molar-refractivity contribution in [3.63, 3.8) is 0 Å². The lowest BCUT2D eigenvalue weighted by Crippen LogP contribution is -2.30. The molecule has 136 valence electrons. The normalized spacial score (nSPS) is 11.1. The van der Waals surface area contributed by atoms with Crippen LogP contribution in [0.1, 0.15) is 42.8 Å². The Labute approximate surface area is 152 Å². The molecular weight excluding hydrogens is 330 g/mol. The van der Waals surface area contributed by atoms with E-state index >= 15 is 0 Å². The standard InChI is InChI=1S/C19H23N5O2/c1-4-23(13-17-21-18(26-22-17)11-14(2)3)19(25)15-7-5-8-16(12-15)24-10-6-9-20-24/h5-10,12,14H,4,11,13H2,1-3H3. The Bertz CT molecular complexity index is 854. The Balaban J connectivity index is 1.75. The van der Waals surface area contributed by atoms with Gasteiger partial charge in [0.2, 0.25) is 5.89 Å². The average Bonchev–Trinajstić information content (AvgIpc) is 3.31. The van der Waals surface area contributed by atoms with Crippen LogP contribution in [-0.4, -0.2) is 37.3 Å². The van der Waals surface area contributed by atoms with Gasteiger partial charge >= 0.3 is 0 Å². The van der Waals surface area contributed by atoms with Crippen molar-refractivity contribution in [1.29, 1.82) is 0 Å². The monoisotopic (exact) mass is 353 g/mol. The van der Waals surface area contributed by atoms with Crippen molar-refractivity contribution in [2.24, 2.45) is 5.92 Å². The molecule has 26 heavy (non-hydrogen) atoms. The van der Waals surface area contributed by atoms with Crippen molar-refractivity contribution < 1.29 is 9.32 Å². The van der Waals surface area contributed by atoms with Gasteiger partial charge in [-0.1, -0.05) is 25.1 Å². The van der Waals surface area contributed by atoms with E-state index in [-0.39, 0.29) is 5.91 Å². The summed E-state index contributed by atoms with van der Waals surface area (Å²) in [7, 11) is 0. The van der Waals surface area contributed by atoms with E-state index in [2.05, 4.69) is 29.1 Å². The van der Waals surface area contributed by atoms with Crippen LogP contribution >= 0.6 is 0 Å². The molecule has 0 saturated heterocycles. The zero-order valence-corrected chi connectivity index (χ0v) is 15.3. The summed E-state index contributed by atoms with van der Waals surface area (Å²) in [6.45, 7) is 7.00. The molecule has 0 saturated carbocycles. The van der Waals surface area contributed by atoms with Gasteiger partial charge in [0.1, 0.15) is 0 Å². The molecular formula is C19H23N5O2. The third-order valence-corrected chi connectivity index (χ3v) is 3.96. The topological polar surface area (TPSA) is 77.0 Å². The molecule has 3 rings (SSSR count). The number of benzene rings is 1. The zero-order valence-electron chi connectivity index (χ0n) is 15.3. The van der Waals surface area contributed by atoms with Gasteiger partial charge in [0.05, 0.1) is 12.2 Å². The van der Waals surface area contributed by atoms with Crippen LogP contribution in [0.3, 0.4) is 0 Å². The molecule has 2 heterocycles. The maximum absolute atomic E-state index is 12.9. The van der Waals surface area contributed by atoms with Crippen LogP contribution in [-0.2, 0) is 13.0 Å². The molecule has 0 aliphatic heterocycles. The van der Waals surface area contributed by atoms with Crippen LogP contribution in [0.4, 0.5) is 0 Å². The largest absolute Gasteiger partial charge is 0.339 e. The second-order valence-corrected chi connectivity index (χ2v) is 6.52. The zero-order chi connectivity index (χ0) is 18.5. The first kappa shape index (κ1) is 17.8. The van der Waals surface area contributed by atoms with E-state index in [1.54, 1.807) is 21.8 Å². The van der Waals surface area contributed by atoms with E-state index in [0.717, 1.165) is 12.1 Å². The summed E-state index contributed by atoms with van der Waals surface area (Å²) in [5, 5.41) is 8.20. The summed E-state index contributed by atoms with van der Waals surface area (Å²) < 4.78 is 6.99. The third-order valence-electron chi connectivity index (χ3n) is 3.96. The highest BCUT2D eigenvalue weighted by Gasteiger charge is 2.18. The molecule has 0 bridgehead atoms. The van der Waals surface area contributed by atoms with Crippen LogP contribution in [0.15, 0.2) is 47.2 Å². The predicted molar refractivity (Wildman–Crippen MR) is 96.8 cm³/mol. The van der Waals surface area contributed by atoms with Crippen molar-refractivity contribution in [2.45, 2.75) is 33.7 Å². The number of aromatic nitrogens is 4. The van der Waals surface area contributed by atoms with Gasteiger partial charge in [0, 0.05) is 30.9 Å². The quantitative estimate of drug-likeness (QED) is 0.652. The summed E-state index contributed by atoms with van der Waals surface area (Å²) in [5.41, 5.74) is 1.45. The molecule has 0 aliphatic carbocycles. The van der Waals surface area contributed by atoms with Crippen molar-refractivity contribution in [2.75, 3.05) is 6.54 Å². The summed E-state index contributed by atoms with van der Waals surface area (Å²) in [6, 6.07) is 9.25. The molecule has 3 aromatic rings. The Hall–Kier alpha value is -2.96. The first-order chi connectivity index (χ1) is 12.6. The number of carbonyl (C=O) groups is 1. The van der Waals surface area contributed by atoms with Crippen LogP contribution in [0, 0.1) is 5.92 Å². The number of nitrogens with zero attached hydrogens (tertiary/aromatic N) is 5. The van der Waals surface area contributed by atoms with E-state index in [9.17, 15) is 4.79 Å². The van der Waals surface area contributed by atoms with Gasteiger partial charge < -0.3 is 9.42 Å². The lowest BCUT2D eigenvalue weighted by Gasteiger charge is -2.19. The fourth-order valence-electron chi connectivity index (χ4n) is 2.67. The minimum absolute atomic E-state index is 0.0725. The van der Waals surface area contributed by atoms with Gasteiger partial charge in [0.15, 0.2) is 5.82 Å². The van der Waals surface area contributed by atoms with Crippen molar-refractivity contribution in [3.05, 3.63) is 60.0 Å². The second kappa shape index (κ2) is 7.95. The van der Waals surface area contributed by atoms with Crippen LogP contribution in [0.25, 0.3) is 5.69 Å². The van der Waals surface area contributed by atoms with Gasteiger partial charge in [-0.05, 0) is 37.1 Å². The molecule has 0 radical (unpaired) electrons. The highest BCUT2D eigenvalue weighted by molar-refractivity contribution is 5.94. The molecule has 0 aliphatic rings. The van der Waals surface area contributed by atoms with Gasteiger partial charge in [-0.3, -0.25) is 4.79 Å². The van der Waals surface area contributed by atoms with Crippen molar-refractivity contribution in [1.82, 2.24) is 24.8 Å². The number of carbonyl (C=O) groups excluding carboxylic acids is 1. The summed E-state index contributed by atoms with van der Waals surface area (Å²) in [4.78, 5) is 19.0. The molecule has 0 spiro atoms. The van der Waals surface area contributed by atoms with Gasteiger partial charge in [-0.2, -0.15) is 10.1 Å². The summed E-state index contributed by atoms with van der Waals surface area (Å²) in [6.07, 6.45) is 4.29.